The van der Waals surface area contributed by atoms with E-state index in [4.69, 9.17) is 11.6 Å². The second kappa shape index (κ2) is 6.55. The Hall–Kier alpha value is -0.570. The number of rotatable bonds is 5. The molecule has 0 bridgehead atoms. The van der Waals surface area contributed by atoms with Crippen molar-refractivity contribution < 1.29 is 0 Å². The number of nitrogens with zero attached hydrogens (tertiary/aromatic N) is 1. The predicted molar refractivity (Wildman–Crippen MR) is 78.0 cm³/mol. The fraction of sp³-hybridized carbons (Fsp3) is 0.600. The molecule has 2 atom stereocenters. The Labute approximate surface area is 115 Å². The summed E-state index contributed by atoms with van der Waals surface area (Å²) >= 11 is 5.90. The fourth-order valence-electron chi connectivity index (χ4n) is 3.00. The number of hydrogen-bond acceptors (Lipinski definition) is 2. The Kier molecular flexibility index (Phi) is 5.04. The van der Waals surface area contributed by atoms with Crippen molar-refractivity contribution >= 4 is 11.6 Å². The molecule has 18 heavy (non-hydrogen) atoms. The molecule has 0 spiro atoms. The molecule has 2 nitrogen and oxygen atoms in total. The minimum absolute atomic E-state index is 0.706. The van der Waals surface area contributed by atoms with Gasteiger partial charge in [0.05, 0.1) is 0 Å². The van der Waals surface area contributed by atoms with Gasteiger partial charge in [0.1, 0.15) is 0 Å². The molecule has 0 aromatic heterocycles. The maximum Gasteiger partial charge on any atom is 0.0406 e. The van der Waals surface area contributed by atoms with Crippen LogP contribution in [0.25, 0.3) is 0 Å². The molecule has 3 heteroatoms. The molecule has 1 N–H and O–H groups in total. The van der Waals surface area contributed by atoms with Crippen molar-refractivity contribution in [1.82, 2.24) is 10.2 Å². The second-order valence-corrected chi connectivity index (χ2v) is 5.85. The normalized spacial score (nSPS) is 23.8. The molecular formula is C15H23ClN2. The summed E-state index contributed by atoms with van der Waals surface area (Å²) in [5.41, 5.74) is 1.33. The van der Waals surface area contributed by atoms with E-state index in [1.54, 1.807) is 0 Å². The first-order valence-corrected chi connectivity index (χ1v) is 7.17. The van der Waals surface area contributed by atoms with Crippen molar-refractivity contribution in [3.8, 4) is 0 Å². The van der Waals surface area contributed by atoms with Gasteiger partial charge in [0.15, 0.2) is 0 Å². The highest BCUT2D eigenvalue weighted by Crippen LogP contribution is 2.26. The van der Waals surface area contributed by atoms with Crippen LogP contribution in [-0.2, 0) is 6.54 Å². The van der Waals surface area contributed by atoms with E-state index in [0.29, 0.717) is 6.04 Å². The summed E-state index contributed by atoms with van der Waals surface area (Å²) in [5, 5.41) is 4.26. The largest absolute Gasteiger partial charge is 0.317 e. The molecule has 0 radical (unpaired) electrons. The highest BCUT2D eigenvalue weighted by molar-refractivity contribution is 6.30. The summed E-state index contributed by atoms with van der Waals surface area (Å²) in [6.45, 7) is 2.18. The molecule has 0 saturated heterocycles. The topological polar surface area (TPSA) is 15.3 Å². The van der Waals surface area contributed by atoms with Gasteiger partial charge in [-0.15, -0.1) is 0 Å². The maximum absolute atomic E-state index is 5.90. The number of nitrogens with one attached hydrogen (secondary N) is 1. The van der Waals surface area contributed by atoms with Crippen LogP contribution in [0.5, 0.6) is 0 Å². The minimum Gasteiger partial charge on any atom is -0.317 e. The summed E-state index contributed by atoms with van der Waals surface area (Å²) in [5.74, 6) is 0.798. The summed E-state index contributed by atoms with van der Waals surface area (Å²) in [6, 6.07) is 8.87. The van der Waals surface area contributed by atoms with Gasteiger partial charge < -0.3 is 10.2 Å². The van der Waals surface area contributed by atoms with E-state index >= 15 is 0 Å². The average molecular weight is 267 g/mol. The SMILES string of the molecule is CNC1CCCC1CN(C)Cc1ccc(Cl)cc1. The molecule has 2 rings (SSSR count). The Morgan fingerprint density at radius 3 is 2.67 bits per heavy atom. The van der Waals surface area contributed by atoms with Gasteiger partial charge in [-0.25, -0.2) is 0 Å². The standard InChI is InChI=1S/C15H23ClN2/c1-17-15-5-3-4-13(15)11-18(2)10-12-6-8-14(16)9-7-12/h6-9,13,15,17H,3-5,10-11H2,1-2H3. The molecule has 2 unspecified atom stereocenters. The van der Waals surface area contributed by atoms with E-state index in [9.17, 15) is 0 Å². The monoisotopic (exact) mass is 266 g/mol. The van der Waals surface area contributed by atoms with Gasteiger partial charge in [-0.2, -0.15) is 0 Å². The molecule has 1 aliphatic rings. The molecule has 0 aliphatic heterocycles. The quantitative estimate of drug-likeness (QED) is 0.881. The number of hydrogen-bond donors (Lipinski definition) is 1. The zero-order valence-corrected chi connectivity index (χ0v) is 12.1. The summed E-state index contributed by atoms with van der Waals surface area (Å²) in [6.07, 6.45) is 4.05. The van der Waals surface area contributed by atoms with Crippen molar-refractivity contribution in [2.75, 3.05) is 20.6 Å². The van der Waals surface area contributed by atoms with Crippen molar-refractivity contribution in [3.63, 3.8) is 0 Å². The maximum atomic E-state index is 5.90. The third kappa shape index (κ3) is 3.71. The smallest absolute Gasteiger partial charge is 0.0406 e. The van der Waals surface area contributed by atoms with E-state index < -0.39 is 0 Å². The lowest BCUT2D eigenvalue weighted by Gasteiger charge is -2.25. The van der Waals surface area contributed by atoms with Crippen LogP contribution in [0.3, 0.4) is 0 Å². The van der Waals surface area contributed by atoms with Crippen LogP contribution in [0.2, 0.25) is 5.02 Å². The van der Waals surface area contributed by atoms with Crippen LogP contribution >= 0.6 is 11.6 Å². The van der Waals surface area contributed by atoms with E-state index in [0.717, 1.165) is 17.5 Å². The summed E-state index contributed by atoms with van der Waals surface area (Å²) in [7, 11) is 4.29. The zero-order valence-electron chi connectivity index (χ0n) is 11.3. The Bertz CT molecular complexity index is 363. The lowest BCUT2D eigenvalue weighted by atomic mass is 10.0. The first-order chi connectivity index (χ1) is 8.69. The molecule has 0 heterocycles. The van der Waals surface area contributed by atoms with E-state index in [1.807, 2.05) is 12.1 Å². The molecule has 1 aromatic rings. The zero-order chi connectivity index (χ0) is 13.0. The lowest BCUT2D eigenvalue weighted by Crippen LogP contribution is -2.36. The Morgan fingerprint density at radius 1 is 1.28 bits per heavy atom. The second-order valence-electron chi connectivity index (χ2n) is 5.41. The summed E-state index contributed by atoms with van der Waals surface area (Å²) < 4.78 is 0. The minimum atomic E-state index is 0.706. The molecule has 1 aliphatic carbocycles. The van der Waals surface area contributed by atoms with Gasteiger partial charge >= 0.3 is 0 Å². The van der Waals surface area contributed by atoms with E-state index in [1.165, 1.54) is 31.4 Å². The molecule has 100 valence electrons. The predicted octanol–water partition coefficient (Wildman–Crippen LogP) is 3.16. The van der Waals surface area contributed by atoms with Gasteiger partial charge in [0.2, 0.25) is 0 Å². The molecule has 0 amide bonds. The van der Waals surface area contributed by atoms with Gasteiger partial charge in [0.25, 0.3) is 0 Å². The van der Waals surface area contributed by atoms with Crippen molar-refractivity contribution in [3.05, 3.63) is 34.9 Å². The van der Waals surface area contributed by atoms with Crippen molar-refractivity contribution in [2.45, 2.75) is 31.8 Å². The molecule has 1 aromatic carbocycles. The highest BCUT2D eigenvalue weighted by atomic mass is 35.5. The van der Waals surface area contributed by atoms with Crippen molar-refractivity contribution in [2.24, 2.45) is 5.92 Å². The Balaban J connectivity index is 1.84. The Morgan fingerprint density at radius 2 is 2.00 bits per heavy atom. The van der Waals surface area contributed by atoms with Crippen LogP contribution in [-0.4, -0.2) is 31.6 Å². The first kappa shape index (κ1) is 13.9. The third-order valence-electron chi connectivity index (χ3n) is 3.94. The van der Waals surface area contributed by atoms with Gasteiger partial charge in [-0.1, -0.05) is 30.2 Å². The molecule has 1 saturated carbocycles. The van der Waals surface area contributed by atoms with Crippen LogP contribution in [0.15, 0.2) is 24.3 Å². The van der Waals surface area contributed by atoms with Gasteiger partial charge in [-0.05, 0) is 50.6 Å². The van der Waals surface area contributed by atoms with Crippen LogP contribution in [0, 0.1) is 5.92 Å². The van der Waals surface area contributed by atoms with Crippen LogP contribution in [0.1, 0.15) is 24.8 Å². The van der Waals surface area contributed by atoms with Gasteiger partial charge in [-0.3, -0.25) is 0 Å². The molecule has 1 fully saturated rings. The molecular weight excluding hydrogens is 244 g/mol. The van der Waals surface area contributed by atoms with Crippen molar-refractivity contribution in [1.29, 1.82) is 0 Å². The lowest BCUT2D eigenvalue weighted by molar-refractivity contribution is 0.249. The van der Waals surface area contributed by atoms with Gasteiger partial charge in [0, 0.05) is 24.2 Å². The fourth-order valence-corrected chi connectivity index (χ4v) is 3.13. The van der Waals surface area contributed by atoms with E-state index in [2.05, 4.69) is 36.4 Å². The first-order valence-electron chi connectivity index (χ1n) is 6.79. The highest BCUT2D eigenvalue weighted by Gasteiger charge is 2.26. The third-order valence-corrected chi connectivity index (χ3v) is 4.19. The summed E-state index contributed by atoms with van der Waals surface area (Å²) in [4.78, 5) is 2.42. The van der Waals surface area contributed by atoms with Crippen LogP contribution in [0.4, 0.5) is 0 Å². The number of halogens is 1. The average Bonchev–Trinajstić information content (AvgIpc) is 2.79. The van der Waals surface area contributed by atoms with E-state index in [-0.39, 0.29) is 0 Å². The van der Waals surface area contributed by atoms with Crippen LogP contribution < -0.4 is 5.32 Å². The number of benzene rings is 1.